The molecule has 0 radical (unpaired) electrons. The molecule has 3 heterocycles. The molecular weight excluding hydrogens is 336 g/mol. The largest absolute Gasteiger partial charge is 0.373 e. The number of rotatable bonds is 3. The number of ether oxygens (including phenoxy) is 1. The molecule has 3 aliphatic rings. The number of imide groups is 1. The Labute approximate surface area is 152 Å². The maximum atomic E-state index is 12.9. The zero-order valence-electron chi connectivity index (χ0n) is 14.5. The third-order valence-electron chi connectivity index (χ3n) is 5.54. The van der Waals surface area contributed by atoms with Crippen LogP contribution >= 0.6 is 11.8 Å². The molecule has 1 N–H and O–H groups in total. The van der Waals surface area contributed by atoms with E-state index in [2.05, 4.69) is 36.5 Å². The van der Waals surface area contributed by atoms with Gasteiger partial charge in [0.25, 0.3) is 5.91 Å². The topological polar surface area (TPSA) is 58.6 Å². The first-order valence-electron chi connectivity index (χ1n) is 8.99. The minimum absolute atomic E-state index is 0.0456. The van der Waals surface area contributed by atoms with Crippen LogP contribution in [0.15, 0.2) is 24.3 Å². The summed E-state index contributed by atoms with van der Waals surface area (Å²) in [5, 5.41) is 2.96. The summed E-state index contributed by atoms with van der Waals surface area (Å²) in [5.74, 6) is 1.72. The Kier molecular flexibility index (Phi) is 4.50. The molecule has 3 atom stereocenters. The fourth-order valence-electron chi connectivity index (χ4n) is 4.06. The number of nitrogens with zero attached hydrogens (tertiary/aromatic N) is 1. The van der Waals surface area contributed by atoms with Crippen molar-refractivity contribution in [2.75, 3.05) is 24.7 Å². The van der Waals surface area contributed by atoms with Gasteiger partial charge in [0.05, 0.1) is 6.10 Å². The van der Waals surface area contributed by atoms with E-state index in [9.17, 15) is 9.59 Å². The highest BCUT2D eigenvalue weighted by atomic mass is 32.2. The molecular formula is C19H24N2O3S. The van der Waals surface area contributed by atoms with Crippen molar-refractivity contribution >= 4 is 23.7 Å². The Morgan fingerprint density at radius 1 is 1.32 bits per heavy atom. The number of hydrogen-bond donors (Lipinski definition) is 1. The van der Waals surface area contributed by atoms with E-state index in [1.165, 1.54) is 10.5 Å². The van der Waals surface area contributed by atoms with Gasteiger partial charge in [0, 0.05) is 24.8 Å². The van der Waals surface area contributed by atoms with Crippen LogP contribution in [-0.4, -0.2) is 47.0 Å². The molecule has 134 valence electrons. The summed E-state index contributed by atoms with van der Waals surface area (Å²) in [6, 6.07) is 8.13. The van der Waals surface area contributed by atoms with E-state index in [1.54, 1.807) is 11.8 Å². The van der Waals surface area contributed by atoms with Crippen molar-refractivity contribution in [3.8, 4) is 0 Å². The van der Waals surface area contributed by atoms with Gasteiger partial charge in [-0.1, -0.05) is 29.8 Å². The number of carbonyl (C=O) groups excluding carboxylic acids is 2. The van der Waals surface area contributed by atoms with Crippen molar-refractivity contribution in [3.63, 3.8) is 0 Å². The molecule has 6 heteroatoms. The molecule has 1 aromatic rings. The molecule has 0 saturated carbocycles. The average molecular weight is 360 g/mol. The Morgan fingerprint density at radius 3 is 2.84 bits per heavy atom. The van der Waals surface area contributed by atoms with Crippen LogP contribution < -0.4 is 5.32 Å². The summed E-state index contributed by atoms with van der Waals surface area (Å²) >= 11 is 1.74. The molecule has 3 amide bonds. The van der Waals surface area contributed by atoms with E-state index in [1.807, 2.05) is 0 Å². The first-order valence-corrected chi connectivity index (χ1v) is 10.1. The van der Waals surface area contributed by atoms with Crippen molar-refractivity contribution < 1.29 is 14.3 Å². The fourth-order valence-corrected chi connectivity index (χ4v) is 5.39. The second kappa shape index (κ2) is 6.65. The summed E-state index contributed by atoms with van der Waals surface area (Å²) in [6.07, 6.45) is 2.63. The minimum atomic E-state index is -0.656. The first kappa shape index (κ1) is 16.9. The smallest absolute Gasteiger partial charge is 0.325 e. The lowest BCUT2D eigenvalue weighted by molar-refractivity contribution is -0.132. The van der Waals surface area contributed by atoms with E-state index in [-0.39, 0.29) is 24.0 Å². The summed E-state index contributed by atoms with van der Waals surface area (Å²) in [4.78, 5) is 26.8. The molecule has 0 unspecified atom stereocenters. The highest BCUT2D eigenvalue weighted by Gasteiger charge is 2.53. The number of nitrogens with one attached hydrogen (secondary N) is 1. The molecule has 25 heavy (non-hydrogen) atoms. The van der Waals surface area contributed by atoms with Gasteiger partial charge in [0.2, 0.25) is 0 Å². The highest BCUT2D eigenvalue weighted by Crippen LogP contribution is 2.38. The Bertz CT molecular complexity index is 670. The predicted molar refractivity (Wildman–Crippen MR) is 97.5 cm³/mol. The number of amides is 3. The van der Waals surface area contributed by atoms with Gasteiger partial charge >= 0.3 is 6.03 Å². The van der Waals surface area contributed by atoms with Crippen LogP contribution in [0.1, 0.15) is 36.5 Å². The number of urea groups is 1. The molecule has 1 spiro atoms. The van der Waals surface area contributed by atoms with Gasteiger partial charge in [-0.2, -0.15) is 11.8 Å². The van der Waals surface area contributed by atoms with Crippen LogP contribution in [0, 0.1) is 12.8 Å². The summed E-state index contributed by atoms with van der Waals surface area (Å²) < 4.78 is 6.04. The standard InChI is InChI=1S/C19H24N2O3S/c1-13-4-6-14(7-5-13)16-15(3-2-9-24-16)11-21-17(22)19(20-18(21)23)8-10-25-12-19/h4-7,15-16H,2-3,8-12H2,1H3,(H,20,23)/t15-,16+,19+/m1/s1. The second-order valence-corrected chi connectivity index (χ2v) is 8.44. The minimum Gasteiger partial charge on any atom is -0.373 e. The SMILES string of the molecule is Cc1ccc([C@@H]2OCCC[C@@H]2CN2C(=O)N[C@]3(CCSC3)C2=O)cc1. The number of carbonyl (C=O) groups is 2. The molecule has 4 rings (SSSR count). The van der Waals surface area contributed by atoms with E-state index in [0.717, 1.165) is 37.2 Å². The molecule has 3 saturated heterocycles. The van der Waals surface area contributed by atoms with Crippen LogP contribution in [0.3, 0.4) is 0 Å². The van der Waals surface area contributed by atoms with Crippen molar-refractivity contribution in [1.29, 1.82) is 0 Å². The Hall–Kier alpha value is -1.53. The van der Waals surface area contributed by atoms with E-state index >= 15 is 0 Å². The van der Waals surface area contributed by atoms with Gasteiger partial charge in [-0.15, -0.1) is 0 Å². The van der Waals surface area contributed by atoms with Gasteiger partial charge in [-0.3, -0.25) is 9.69 Å². The third kappa shape index (κ3) is 3.06. The summed E-state index contributed by atoms with van der Waals surface area (Å²) in [5.41, 5.74) is 1.69. The van der Waals surface area contributed by atoms with Gasteiger partial charge < -0.3 is 10.1 Å². The van der Waals surface area contributed by atoms with Crippen LogP contribution in [0.5, 0.6) is 0 Å². The van der Waals surface area contributed by atoms with Crippen LogP contribution in [0.4, 0.5) is 4.79 Å². The number of aryl methyl sites for hydroxylation is 1. The van der Waals surface area contributed by atoms with E-state index < -0.39 is 5.54 Å². The Balaban J connectivity index is 1.52. The molecule has 3 fully saturated rings. The molecule has 0 aliphatic carbocycles. The lowest BCUT2D eigenvalue weighted by Gasteiger charge is -2.34. The van der Waals surface area contributed by atoms with Crippen LogP contribution in [0.2, 0.25) is 0 Å². The molecule has 0 aromatic heterocycles. The molecule has 1 aromatic carbocycles. The van der Waals surface area contributed by atoms with Gasteiger partial charge in [-0.25, -0.2) is 4.79 Å². The lowest BCUT2D eigenvalue weighted by atomic mass is 9.88. The first-order chi connectivity index (χ1) is 12.1. The molecule has 3 aliphatic heterocycles. The van der Waals surface area contributed by atoms with Crippen molar-refractivity contribution in [2.24, 2.45) is 5.92 Å². The molecule has 5 nitrogen and oxygen atoms in total. The van der Waals surface area contributed by atoms with Gasteiger partial charge in [-0.05, 0) is 37.5 Å². The zero-order chi connectivity index (χ0) is 17.4. The fraction of sp³-hybridized carbons (Fsp3) is 0.579. The average Bonchev–Trinajstić information content (AvgIpc) is 3.17. The van der Waals surface area contributed by atoms with Gasteiger partial charge in [0.1, 0.15) is 5.54 Å². The summed E-state index contributed by atoms with van der Waals surface area (Å²) in [7, 11) is 0. The van der Waals surface area contributed by atoms with Gasteiger partial charge in [0.15, 0.2) is 0 Å². The Morgan fingerprint density at radius 2 is 2.12 bits per heavy atom. The van der Waals surface area contributed by atoms with E-state index in [4.69, 9.17) is 4.74 Å². The maximum absolute atomic E-state index is 12.9. The predicted octanol–water partition coefficient (Wildman–Crippen LogP) is 2.89. The van der Waals surface area contributed by atoms with Crippen molar-refractivity contribution in [1.82, 2.24) is 10.2 Å². The van der Waals surface area contributed by atoms with Crippen LogP contribution in [-0.2, 0) is 9.53 Å². The second-order valence-electron chi connectivity index (χ2n) is 7.33. The maximum Gasteiger partial charge on any atom is 0.325 e. The summed E-state index contributed by atoms with van der Waals surface area (Å²) in [6.45, 7) is 3.24. The number of benzene rings is 1. The monoisotopic (exact) mass is 360 g/mol. The highest BCUT2D eigenvalue weighted by molar-refractivity contribution is 7.99. The third-order valence-corrected chi connectivity index (χ3v) is 6.73. The van der Waals surface area contributed by atoms with Crippen molar-refractivity contribution in [3.05, 3.63) is 35.4 Å². The number of thioether (sulfide) groups is 1. The number of hydrogen-bond acceptors (Lipinski definition) is 4. The quantitative estimate of drug-likeness (QED) is 0.842. The normalized spacial score (nSPS) is 32.4. The molecule has 0 bridgehead atoms. The zero-order valence-corrected chi connectivity index (χ0v) is 15.3. The van der Waals surface area contributed by atoms with E-state index in [0.29, 0.717) is 12.3 Å². The van der Waals surface area contributed by atoms with Crippen LogP contribution in [0.25, 0.3) is 0 Å². The van der Waals surface area contributed by atoms with Crippen molar-refractivity contribution in [2.45, 2.75) is 37.8 Å². The lowest BCUT2D eigenvalue weighted by Crippen LogP contribution is -2.47.